The number of sulfonamides is 1. The second-order valence-corrected chi connectivity index (χ2v) is 7.23. The van der Waals surface area contributed by atoms with Crippen LogP contribution in [0.4, 0.5) is 0 Å². The number of pyridine rings is 1. The standard InChI is InChI=1S/C17H19N3O3S/c1-20-12-13(16-7-4-9-18-17(16)20)8-10-19-24(21,22)15-6-3-5-14(11-15)23-2/h3-7,9,11-12,19H,8,10H2,1-2H3. The van der Waals surface area contributed by atoms with Crippen molar-refractivity contribution in [3.8, 4) is 5.75 Å². The maximum absolute atomic E-state index is 12.4. The molecule has 0 aliphatic heterocycles. The Bertz CT molecular complexity index is 964. The van der Waals surface area contributed by atoms with E-state index in [4.69, 9.17) is 4.74 Å². The minimum Gasteiger partial charge on any atom is -0.497 e. The summed E-state index contributed by atoms with van der Waals surface area (Å²) < 4.78 is 34.4. The van der Waals surface area contributed by atoms with Gasteiger partial charge in [0.05, 0.1) is 12.0 Å². The molecule has 6 nitrogen and oxygen atoms in total. The third kappa shape index (κ3) is 3.27. The summed E-state index contributed by atoms with van der Waals surface area (Å²) in [7, 11) is -0.124. The molecule has 2 aromatic heterocycles. The van der Waals surface area contributed by atoms with Crippen LogP contribution in [0, 0.1) is 0 Å². The van der Waals surface area contributed by atoms with Crippen LogP contribution in [-0.4, -0.2) is 31.6 Å². The summed E-state index contributed by atoms with van der Waals surface area (Å²) in [6.45, 7) is 0.313. The minimum absolute atomic E-state index is 0.196. The first-order valence-corrected chi connectivity index (χ1v) is 9.02. The number of ether oxygens (including phenoxy) is 1. The molecule has 0 radical (unpaired) electrons. The van der Waals surface area contributed by atoms with Crippen molar-refractivity contribution in [2.45, 2.75) is 11.3 Å². The summed E-state index contributed by atoms with van der Waals surface area (Å²) >= 11 is 0. The summed E-state index contributed by atoms with van der Waals surface area (Å²) in [6.07, 6.45) is 4.32. The number of fused-ring (bicyclic) bond motifs is 1. The molecule has 7 heteroatoms. The van der Waals surface area contributed by atoms with Gasteiger partial charge >= 0.3 is 0 Å². The van der Waals surface area contributed by atoms with Gasteiger partial charge in [-0.3, -0.25) is 0 Å². The molecule has 24 heavy (non-hydrogen) atoms. The molecule has 0 aliphatic carbocycles. The SMILES string of the molecule is COc1cccc(S(=O)(=O)NCCc2cn(C)c3ncccc23)c1. The van der Waals surface area contributed by atoms with E-state index in [1.807, 2.05) is 29.9 Å². The van der Waals surface area contributed by atoms with Crippen LogP contribution in [-0.2, 0) is 23.5 Å². The van der Waals surface area contributed by atoms with Gasteiger partial charge in [0.25, 0.3) is 0 Å². The fourth-order valence-electron chi connectivity index (χ4n) is 2.66. The lowest BCUT2D eigenvalue weighted by Crippen LogP contribution is -2.26. The smallest absolute Gasteiger partial charge is 0.240 e. The van der Waals surface area contributed by atoms with Crippen molar-refractivity contribution in [3.63, 3.8) is 0 Å². The third-order valence-electron chi connectivity index (χ3n) is 3.85. The van der Waals surface area contributed by atoms with Gasteiger partial charge in [-0.15, -0.1) is 0 Å². The van der Waals surface area contributed by atoms with E-state index >= 15 is 0 Å². The number of nitrogens with one attached hydrogen (secondary N) is 1. The summed E-state index contributed by atoms with van der Waals surface area (Å²) in [5.74, 6) is 0.512. The lowest BCUT2D eigenvalue weighted by molar-refractivity contribution is 0.413. The summed E-state index contributed by atoms with van der Waals surface area (Å²) in [5, 5.41) is 1.04. The molecule has 0 saturated heterocycles. The average molecular weight is 345 g/mol. The maximum Gasteiger partial charge on any atom is 0.240 e. The highest BCUT2D eigenvalue weighted by atomic mass is 32.2. The van der Waals surface area contributed by atoms with Gasteiger partial charge in [0, 0.05) is 37.4 Å². The van der Waals surface area contributed by atoms with Gasteiger partial charge in [-0.25, -0.2) is 18.1 Å². The zero-order valence-electron chi connectivity index (χ0n) is 13.6. The second kappa shape index (κ2) is 6.62. The maximum atomic E-state index is 12.4. The lowest BCUT2D eigenvalue weighted by Gasteiger charge is -2.08. The predicted molar refractivity (Wildman–Crippen MR) is 92.6 cm³/mol. The Labute approximate surface area is 141 Å². The van der Waals surface area contributed by atoms with Crippen LogP contribution in [0.15, 0.2) is 53.7 Å². The molecule has 0 spiro atoms. The molecular weight excluding hydrogens is 326 g/mol. The van der Waals surface area contributed by atoms with Gasteiger partial charge in [0.15, 0.2) is 0 Å². The van der Waals surface area contributed by atoms with E-state index in [0.29, 0.717) is 18.7 Å². The highest BCUT2D eigenvalue weighted by Gasteiger charge is 2.15. The normalized spacial score (nSPS) is 11.8. The monoisotopic (exact) mass is 345 g/mol. The Morgan fingerprint density at radius 3 is 2.88 bits per heavy atom. The van der Waals surface area contributed by atoms with Crippen molar-refractivity contribution in [2.24, 2.45) is 7.05 Å². The van der Waals surface area contributed by atoms with E-state index in [9.17, 15) is 8.42 Å². The quantitative estimate of drug-likeness (QED) is 0.742. The van der Waals surface area contributed by atoms with E-state index in [1.165, 1.54) is 13.2 Å². The first-order chi connectivity index (χ1) is 11.5. The molecule has 3 aromatic rings. The molecule has 0 unspecified atom stereocenters. The number of aromatic nitrogens is 2. The molecule has 0 bridgehead atoms. The van der Waals surface area contributed by atoms with Crippen molar-refractivity contribution in [2.75, 3.05) is 13.7 Å². The average Bonchev–Trinajstić information content (AvgIpc) is 2.91. The summed E-state index contributed by atoms with van der Waals surface area (Å²) in [5.41, 5.74) is 1.96. The fourth-order valence-corrected chi connectivity index (χ4v) is 3.73. The number of aryl methyl sites for hydroxylation is 1. The number of nitrogens with zero attached hydrogens (tertiary/aromatic N) is 2. The van der Waals surface area contributed by atoms with Crippen LogP contribution >= 0.6 is 0 Å². The van der Waals surface area contributed by atoms with Gasteiger partial charge in [-0.2, -0.15) is 0 Å². The van der Waals surface area contributed by atoms with Crippen molar-refractivity contribution in [3.05, 3.63) is 54.4 Å². The lowest BCUT2D eigenvalue weighted by atomic mass is 10.2. The molecule has 1 N–H and O–H groups in total. The molecule has 0 fully saturated rings. The van der Waals surface area contributed by atoms with Gasteiger partial charge in [0.1, 0.15) is 11.4 Å². The van der Waals surface area contributed by atoms with Gasteiger partial charge in [-0.1, -0.05) is 6.07 Å². The van der Waals surface area contributed by atoms with Crippen LogP contribution < -0.4 is 9.46 Å². The topological polar surface area (TPSA) is 73.2 Å². The van der Waals surface area contributed by atoms with Crippen LogP contribution in [0.25, 0.3) is 11.0 Å². The van der Waals surface area contributed by atoms with E-state index < -0.39 is 10.0 Å². The van der Waals surface area contributed by atoms with Gasteiger partial charge in [-0.05, 0) is 36.2 Å². The van der Waals surface area contributed by atoms with Crippen molar-refractivity contribution < 1.29 is 13.2 Å². The molecule has 0 saturated carbocycles. The number of hydrogen-bond acceptors (Lipinski definition) is 4. The third-order valence-corrected chi connectivity index (χ3v) is 5.31. The fraction of sp³-hybridized carbons (Fsp3) is 0.235. The van der Waals surface area contributed by atoms with Crippen LogP contribution in [0.3, 0.4) is 0 Å². The Balaban J connectivity index is 1.73. The summed E-state index contributed by atoms with van der Waals surface area (Å²) in [4.78, 5) is 4.53. The van der Waals surface area contributed by atoms with Crippen LogP contribution in [0.1, 0.15) is 5.56 Å². The molecule has 0 aliphatic rings. The molecule has 3 rings (SSSR count). The van der Waals surface area contributed by atoms with E-state index in [1.54, 1.807) is 24.4 Å². The van der Waals surface area contributed by atoms with Crippen LogP contribution in [0.2, 0.25) is 0 Å². The van der Waals surface area contributed by atoms with E-state index in [-0.39, 0.29) is 4.90 Å². The van der Waals surface area contributed by atoms with E-state index in [0.717, 1.165) is 16.6 Å². The Morgan fingerprint density at radius 2 is 2.08 bits per heavy atom. The van der Waals surface area contributed by atoms with Crippen LogP contribution in [0.5, 0.6) is 5.75 Å². The predicted octanol–water partition coefficient (Wildman–Crippen LogP) is 2.10. The Hall–Kier alpha value is -2.38. The Kier molecular flexibility index (Phi) is 4.55. The zero-order chi connectivity index (χ0) is 17.2. The molecule has 0 atom stereocenters. The molecular formula is C17H19N3O3S. The first kappa shape index (κ1) is 16.5. The summed E-state index contributed by atoms with van der Waals surface area (Å²) in [6, 6.07) is 10.3. The first-order valence-electron chi connectivity index (χ1n) is 7.54. The molecule has 126 valence electrons. The van der Waals surface area contributed by atoms with Crippen molar-refractivity contribution in [1.82, 2.24) is 14.3 Å². The number of methoxy groups -OCH3 is 1. The molecule has 0 amide bonds. The van der Waals surface area contributed by atoms with Gasteiger partial charge in [0.2, 0.25) is 10.0 Å². The van der Waals surface area contributed by atoms with Crippen molar-refractivity contribution >= 4 is 21.1 Å². The highest BCUT2D eigenvalue weighted by Crippen LogP contribution is 2.19. The van der Waals surface area contributed by atoms with E-state index in [2.05, 4.69) is 9.71 Å². The Morgan fingerprint density at radius 1 is 1.25 bits per heavy atom. The largest absolute Gasteiger partial charge is 0.497 e. The highest BCUT2D eigenvalue weighted by molar-refractivity contribution is 7.89. The minimum atomic E-state index is -3.56. The molecule has 1 aromatic carbocycles. The number of hydrogen-bond donors (Lipinski definition) is 1. The van der Waals surface area contributed by atoms with Crippen molar-refractivity contribution in [1.29, 1.82) is 0 Å². The zero-order valence-corrected chi connectivity index (χ0v) is 14.4. The molecule has 2 heterocycles. The number of benzene rings is 1. The number of rotatable bonds is 6. The second-order valence-electron chi connectivity index (χ2n) is 5.47. The van der Waals surface area contributed by atoms with Gasteiger partial charge < -0.3 is 9.30 Å².